The van der Waals surface area contributed by atoms with Gasteiger partial charge in [0.1, 0.15) is 0 Å². The largest absolute Gasteiger partial charge is 0.379 e. The van der Waals surface area contributed by atoms with Crippen LogP contribution in [0.5, 0.6) is 0 Å². The molecule has 0 aromatic rings. The van der Waals surface area contributed by atoms with E-state index in [1.807, 2.05) is 0 Å². The van der Waals surface area contributed by atoms with Gasteiger partial charge in [0.05, 0.1) is 19.8 Å². The number of carbonyl (C=O) groups is 1. The quantitative estimate of drug-likeness (QED) is 0.281. The second-order valence-corrected chi connectivity index (χ2v) is 2.20. The van der Waals surface area contributed by atoms with Crippen LogP contribution in [0.3, 0.4) is 0 Å². The molecule has 10 heavy (non-hydrogen) atoms. The smallest absolute Gasteiger partial charge is 0.312 e. The minimum absolute atomic E-state index is 0.338. The molecule has 0 aliphatic heterocycles. The predicted octanol–water partition coefficient (Wildman–Crippen LogP) is 0.0755. The normalized spacial score (nSPS) is 9.30. The van der Waals surface area contributed by atoms with Gasteiger partial charge in [-0.05, 0) is 0 Å². The summed E-state index contributed by atoms with van der Waals surface area (Å²) in [5, 5.41) is 0.821. The van der Waals surface area contributed by atoms with Gasteiger partial charge in [-0.2, -0.15) is 5.48 Å². The highest BCUT2D eigenvalue weighted by Gasteiger charge is 1.85. The van der Waals surface area contributed by atoms with Crippen LogP contribution in [0, 0.1) is 0 Å². The Kier molecular flexibility index (Phi) is 8.75. The first-order valence-corrected chi connectivity index (χ1v) is 4.00. The van der Waals surface area contributed by atoms with Gasteiger partial charge in [-0.15, -0.1) is 0 Å². The average Bonchev–Trinajstić information content (AvgIpc) is 1.97. The molecule has 0 amide bonds. The maximum absolute atomic E-state index is 9.56. The van der Waals surface area contributed by atoms with E-state index in [1.165, 1.54) is 0 Å². The lowest BCUT2D eigenvalue weighted by molar-refractivity contribution is -0.135. The van der Waals surface area contributed by atoms with Crippen LogP contribution in [0.4, 0.5) is 0 Å². The van der Waals surface area contributed by atoms with E-state index < -0.39 is 0 Å². The molecule has 5 heteroatoms. The molecule has 0 radical (unpaired) electrons. The summed E-state index contributed by atoms with van der Waals surface area (Å²) in [4.78, 5) is 13.8. The first-order chi connectivity index (χ1) is 4.91. The number of ether oxygens (including phenoxy) is 1. The summed E-state index contributed by atoms with van der Waals surface area (Å²) in [7, 11) is 0. The number of carbonyl (C=O) groups excluding carboxylic acids is 1. The van der Waals surface area contributed by atoms with Crippen LogP contribution in [-0.4, -0.2) is 31.6 Å². The molecule has 0 aromatic carbocycles. The summed E-state index contributed by atoms with van der Waals surface area (Å²) in [5.41, 5.74) is 2.39. The molecule has 4 nitrogen and oxygen atoms in total. The Bertz CT molecular complexity index is 81.3. The summed E-state index contributed by atoms with van der Waals surface area (Å²) < 4.78 is 5.02. The van der Waals surface area contributed by atoms with E-state index in [0.29, 0.717) is 26.2 Å². The van der Waals surface area contributed by atoms with Gasteiger partial charge in [0.15, 0.2) is 0 Å². The molecule has 0 unspecified atom stereocenters. The van der Waals surface area contributed by atoms with E-state index in [2.05, 4.69) is 26.2 Å². The molecule has 0 fully saturated rings. The van der Waals surface area contributed by atoms with Crippen molar-refractivity contribution >= 4 is 22.4 Å². The molecule has 0 aliphatic rings. The molecule has 0 heterocycles. The Morgan fingerprint density at radius 2 is 2.30 bits per heavy atom. The molecule has 0 saturated carbocycles. The van der Waals surface area contributed by atoms with Crippen LogP contribution in [0.1, 0.15) is 0 Å². The Hall–Kier alpha value is -0.130. The van der Waals surface area contributed by atoms with Crippen molar-refractivity contribution in [2.24, 2.45) is 0 Å². The zero-order valence-corrected chi connectivity index (χ0v) is 7.09. The van der Waals surface area contributed by atoms with Crippen LogP contribution in [0.2, 0.25) is 0 Å². The summed E-state index contributed by atoms with van der Waals surface area (Å²) in [6.45, 7) is 2.07. The van der Waals surface area contributed by atoms with E-state index in [0.717, 1.165) is 5.33 Å². The van der Waals surface area contributed by atoms with Gasteiger partial charge in [0.2, 0.25) is 0 Å². The van der Waals surface area contributed by atoms with Gasteiger partial charge >= 0.3 is 6.47 Å². The highest BCUT2D eigenvalue weighted by atomic mass is 79.9. The van der Waals surface area contributed by atoms with Gasteiger partial charge in [0, 0.05) is 5.33 Å². The number of alkyl halides is 1. The minimum Gasteiger partial charge on any atom is -0.379 e. The van der Waals surface area contributed by atoms with Crippen LogP contribution in [-0.2, 0) is 14.4 Å². The summed E-state index contributed by atoms with van der Waals surface area (Å²) in [6.07, 6.45) is 0. The Morgan fingerprint density at radius 1 is 1.50 bits per heavy atom. The highest BCUT2D eigenvalue weighted by Crippen LogP contribution is 1.79. The molecule has 0 aromatic heterocycles. The number of hydroxylamine groups is 1. The van der Waals surface area contributed by atoms with E-state index >= 15 is 0 Å². The van der Waals surface area contributed by atoms with E-state index in [9.17, 15) is 4.79 Å². The minimum atomic E-state index is 0.338. The second kappa shape index (κ2) is 8.87. The highest BCUT2D eigenvalue weighted by molar-refractivity contribution is 9.09. The molecule has 0 aliphatic carbocycles. The molecule has 0 rings (SSSR count). The van der Waals surface area contributed by atoms with Crippen LogP contribution >= 0.6 is 15.9 Å². The van der Waals surface area contributed by atoms with Crippen molar-refractivity contribution in [2.45, 2.75) is 0 Å². The van der Waals surface area contributed by atoms with Gasteiger partial charge < -0.3 is 9.57 Å². The zero-order valence-electron chi connectivity index (χ0n) is 5.51. The number of rotatable bonds is 7. The Balaban J connectivity index is 2.70. The van der Waals surface area contributed by atoms with Crippen molar-refractivity contribution in [3.8, 4) is 0 Å². The van der Waals surface area contributed by atoms with Crippen molar-refractivity contribution < 1.29 is 14.4 Å². The number of nitrogens with one attached hydrogen (secondary N) is 1. The number of hydrogen-bond donors (Lipinski definition) is 1. The number of hydrogen-bond acceptors (Lipinski definition) is 4. The first-order valence-electron chi connectivity index (χ1n) is 2.87. The maximum atomic E-state index is 9.56. The topological polar surface area (TPSA) is 47.6 Å². The zero-order chi connectivity index (χ0) is 7.66. The summed E-state index contributed by atoms with van der Waals surface area (Å²) in [5.74, 6) is 0. The van der Waals surface area contributed by atoms with Crippen LogP contribution in [0.25, 0.3) is 0 Å². The van der Waals surface area contributed by atoms with Crippen molar-refractivity contribution in [3.63, 3.8) is 0 Å². The molecule has 0 spiro atoms. The fraction of sp³-hybridized carbons (Fsp3) is 0.800. The van der Waals surface area contributed by atoms with E-state index in [-0.39, 0.29) is 0 Å². The molecule has 0 saturated heterocycles. The number of halogens is 1. The molecular formula is C5H10BrNO3. The third kappa shape index (κ3) is 7.87. The molecule has 0 bridgehead atoms. The maximum Gasteiger partial charge on any atom is 0.312 e. The average molecular weight is 212 g/mol. The monoisotopic (exact) mass is 211 g/mol. The van der Waals surface area contributed by atoms with Crippen LogP contribution < -0.4 is 5.48 Å². The van der Waals surface area contributed by atoms with Gasteiger partial charge in [-0.3, -0.25) is 4.79 Å². The van der Waals surface area contributed by atoms with Crippen molar-refractivity contribution in [3.05, 3.63) is 0 Å². The molecule has 0 atom stereocenters. The van der Waals surface area contributed by atoms with Gasteiger partial charge in [-0.1, -0.05) is 15.9 Å². The standard InChI is InChI=1S/C5H10BrNO3/c6-1-3-9-4-2-7-10-5-8/h5,7H,1-4H2. The molecular weight excluding hydrogens is 202 g/mol. The summed E-state index contributed by atoms with van der Waals surface area (Å²) >= 11 is 3.20. The Labute approximate surface area is 68.0 Å². The Morgan fingerprint density at radius 3 is 2.90 bits per heavy atom. The van der Waals surface area contributed by atoms with E-state index in [1.54, 1.807) is 0 Å². The van der Waals surface area contributed by atoms with Crippen molar-refractivity contribution in [2.75, 3.05) is 25.1 Å². The fourth-order valence-corrected chi connectivity index (χ4v) is 0.592. The molecule has 1 N–H and O–H groups in total. The fourth-order valence-electron chi connectivity index (χ4n) is 0.363. The van der Waals surface area contributed by atoms with Crippen molar-refractivity contribution in [1.29, 1.82) is 0 Å². The molecule has 60 valence electrons. The van der Waals surface area contributed by atoms with Crippen LogP contribution in [0.15, 0.2) is 0 Å². The lowest BCUT2D eigenvalue weighted by Crippen LogP contribution is -2.19. The van der Waals surface area contributed by atoms with Gasteiger partial charge in [0.25, 0.3) is 0 Å². The SMILES string of the molecule is O=CONCCOCCBr. The second-order valence-electron chi connectivity index (χ2n) is 1.41. The summed E-state index contributed by atoms with van der Waals surface area (Å²) in [6, 6.07) is 0. The van der Waals surface area contributed by atoms with Crippen molar-refractivity contribution in [1.82, 2.24) is 5.48 Å². The lowest BCUT2D eigenvalue weighted by atomic mass is 10.7. The first kappa shape index (κ1) is 9.87. The third-order valence-electron chi connectivity index (χ3n) is 0.701. The predicted molar refractivity (Wildman–Crippen MR) is 39.8 cm³/mol. The third-order valence-corrected chi connectivity index (χ3v) is 1.03. The van der Waals surface area contributed by atoms with Gasteiger partial charge in [-0.25, -0.2) is 0 Å². The van der Waals surface area contributed by atoms with E-state index in [4.69, 9.17) is 4.74 Å². The lowest BCUT2D eigenvalue weighted by Gasteiger charge is -2.00.